The van der Waals surface area contributed by atoms with Gasteiger partial charge in [0.25, 0.3) is 0 Å². The summed E-state index contributed by atoms with van der Waals surface area (Å²) in [6, 6.07) is 10.3. The van der Waals surface area contributed by atoms with Gasteiger partial charge >= 0.3 is 5.97 Å². The molecule has 1 unspecified atom stereocenters. The Balaban J connectivity index is 1.91. The van der Waals surface area contributed by atoms with Crippen molar-refractivity contribution in [3.8, 4) is 0 Å². The first-order valence-electron chi connectivity index (χ1n) is 8.45. The van der Waals surface area contributed by atoms with Crippen LogP contribution in [-0.4, -0.2) is 48.7 Å². The Morgan fingerprint density at radius 2 is 1.96 bits per heavy atom. The summed E-state index contributed by atoms with van der Waals surface area (Å²) in [7, 11) is 1.34. The number of ether oxygens (including phenoxy) is 2. The highest BCUT2D eigenvalue weighted by molar-refractivity contribution is 5.82. The van der Waals surface area contributed by atoms with E-state index in [0.29, 0.717) is 13.2 Å². The molecular weight excluding hydrogens is 306 g/mol. The molecule has 132 valence electrons. The SMILES string of the molecule is COC(=O)CCC(=O)N1CC(CCc2ccccc2)OCC1(C)C. The van der Waals surface area contributed by atoms with E-state index in [-0.39, 0.29) is 36.4 Å². The summed E-state index contributed by atoms with van der Waals surface area (Å²) in [5, 5.41) is 0. The van der Waals surface area contributed by atoms with Crippen LogP contribution in [0.5, 0.6) is 0 Å². The van der Waals surface area contributed by atoms with E-state index in [2.05, 4.69) is 16.9 Å². The summed E-state index contributed by atoms with van der Waals surface area (Å²) in [5.74, 6) is -0.367. The van der Waals surface area contributed by atoms with E-state index in [1.54, 1.807) is 0 Å². The molecule has 0 radical (unpaired) electrons. The van der Waals surface area contributed by atoms with E-state index < -0.39 is 0 Å². The Bertz CT molecular complexity index is 556. The third-order valence-corrected chi connectivity index (χ3v) is 4.46. The fraction of sp³-hybridized carbons (Fsp3) is 0.579. The zero-order valence-electron chi connectivity index (χ0n) is 14.8. The van der Waals surface area contributed by atoms with Crippen molar-refractivity contribution in [1.29, 1.82) is 0 Å². The summed E-state index contributed by atoms with van der Waals surface area (Å²) in [6.07, 6.45) is 2.14. The number of nitrogens with zero attached hydrogens (tertiary/aromatic N) is 1. The summed E-state index contributed by atoms with van der Waals surface area (Å²) in [6.45, 7) is 5.07. The highest BCUT2D eigenvalue weighted by atomic mass is 16.5. The summed E-state index contributed by atoms with van der Waals surface area (Å²) in [5.41, 5.74) is 0.922. The van der Waals surface area contributed by atoms with E-state index >= 15 is 0 Å². The van der Waals surface area contributed by atoms with Gasteiger partial charge in [-0.25, -0.2) is 0 Å². The van der Waals surface area contributed by atoms with Crippen LogP contribution in [0.15, 0.2) is 30.3 Å². The number of rotatable bonds is 6. The third-order valence-electron chi connectivity index (χ3n) is 4.46. The van der Waals surface area contributed by atoms with E-state index in [1.165, 1.54) is 12.7 Å². The maximum atomic E-state index is 12.5. The molecule has 1 heterocycles. The van der Waals surface area contributed by atoms with Crippen LogP contribution in [-0.2, 0) is 25.5 Å². The van der Waals surface area contributed by atoms with Crippen LogP contribution in [0.25, 0.3) is 0 Å². The predicted octanol–water partition coefficient (Wildman–Crippen LogP) is 2.58. The molecule has 5 nitrogen and oxygen atoms in total. The molecule has 0 aliphatic carbocycles. The zero-order valence-corrected chi connectivity index (χ0v) is 14.8. The molecule has 1 aromatic carbocycles. The van der Waals surface area contributed by atoms with Gasteiger partial charge in [0, 0.05) is 13.0 Å². The van der Waals surface area contributed by atoms with Gasteiger partial charge < -0.3 is 14.4 Å². The van der Waals surface area contributed by atoms with Crippen molar-refractivity contribution in [2.75, 3.05) is 20.3 Å². The van der Waals surface area contributed by atoms with Crippen molar-refractivity contribution < 1.29 is 19.1 Å². The van der Waals surface area contributed by atoms with E-state index in [0.717, 1.165) is 12.8 Å². The quantitative estimate of drug-likeness (QED) is 0.751. The van der Waals surface area contributed by atoms with Crippen molar-refractivity contribution in [1.82, 2.24) is 4.90 Å². The van der Waals surface area contributed by atoms with Gasteiger partial charge in [-0.2, -0.15) is 0 Å². The minimum absolute atomic E-state index is 0.0154. The summed E-state index contributed by atoms with van der Waals surface area (Å²) >= 11 is 0. The Labute approximate surface area is 143 Å². The minimum atomic E-state index is -0.352. The molecule has 0 aromatic heterocycles. The van der Waals surface area contributed by atoms with Gasteiger partial charge in [0.1, 0.15) is 0 Å². The topological polar surface area (TPSA) is 55.8 Å². The van der Waals surface area contributed by atoms with Crippen LogP contribution in [0.4, 0.5) is 0 Å². The number of methoxy groups -OCH3 is 1. The van der Waals surface area contributed by atoms with E-state index in [4.69, 9.17) is 4.74 Å². The second-order valence-electron chi connectivity index (χ2n) is 6.85. The molecule has 1 aliphatic heterocycles. The van der Waals surface area contributed by atoms with Crippen LogP contribution >= 0.6 is 0 Å². The Morgan fingerprint density at radius 1 is 1.25 bits per heavy atom. The molecular formula is C19H27NO4. The molecule has 1 aromatic rings. The number of benzene rings is 1. The molecule has 0 N–H and O–H groups in total. The number of morpholine rings is 1. The second kappa shape index (κ2) is 8.29. The van der Waals surface area contributed by atoms with Crippen molar-refractivity contribution in [2.45, 2.75) is 51.2 Å². The molecule has 1 atom stereocenters. The maximum absolute atomic E-state index is 12.5. The van der Waals surface area contributed by atoms with Crippen LogP contribution in [0.1, 0.15) is 38.7 Å². The molecule has 24 heavy (non-hydrogen) atoms. The first kappa shape index (κ1) is 18.5. The highest BCUT2D eigenvalue weighted by Gasteiger charge is 2.37. The molecule has 1 aliphatic rings. The van der Waals surface area contributed by atoms with Gasteiger partial charge in [0.05, 0.1) is 31.8 Å². The monoisotopic (exact) mass is 333 g/mol. The molecule has 2 rings (SSSR count). The number of amides is 1. The molecule has 0 spiro atoms. The lowest BCUT2D eigenvalue weighted by molar-refractivity contribution is -0.156. The second-order valence-corrected chi connectivity index (χ2v) is 6.85. The van der Waals surface area contributed by atoms with E-state index in [1.807, 2.05) is 36.9 Å². The number of aryl methyl sites for hydroxylation is 1. The van der Waals surface area contributed by atoms with Gasteiger partial charge in [0.15, 0.2) is 0 Å². The van der Waals surface area contributed by atoms with Gasteiger partial charge in [-0.05, 0) is 32.3 Å². The Hall–Kier alpha value is -1.88. The number of hydrogen-bond acceptors (Lipinski definition) is 4. The maximum Gasteiger partial charge on any atom is 0.306 e. The lowest BCUT2D eigenvalue weighted by Crippen LogP contribution is -2.58. The molecule has 0 bridgehead atoms. The summed E-state index contributed by atoms with van der Waals surface area (Å²) < 4.78 is 10.6. The highest BCUT2D eigenvalue weighted by Crippen LogP contribution is 2.25. The van der Waals surface area contributed by atoms with Crippen molar-refractivity contribution in [3.05, 3.63) is 35.9 Å². The number of hydrogen-bond donors (Lipinski definition) is 0. The van der Waals surface area contributed by atoms with Crippen LogP contribution in [0.3, 0.4) is 0 Å². The average molecular weight is 333 g/mol. The Morgan fingerprint density at radius 3 is 2.62 bits per heavy atom. The fourth-order valence-electron chi connectivity index (χ4n) is 2.94. The zero-order chi connectivity index (χ0) is 17.6. The molecule has 0 saturated carbocycles. The molecule has 1 amide bonds. The first-order valence-corrected chi connectivity index (χ1v) is 8.45. The van der Waals surface area contributed by atoms with Gasteiger partial charge in [0.2, 0.25) is 5.91 Å². The summed E-state index contributed by atoms with van der Waals surface area (Å²) in [4.78, 5) is 25.6. The lowest BCUT2D eigenvalue weighted by Gasteiger charge is -2.45. The van der Waals surface area contributed by atoms with E-state index in [9.17, 15) is 9.59 Å². The third kappa shape index (κ3) is 5.06. The normalized spacial score (nSPS) is 19.8. The number of carbonyl (C=O) groups is 2. The first-order chi connectivity index (χ1) is 11.4. The standard InChI is InChI=1S/C19H27NO4/c1-19(2)14-24-16(10-9-15-7-5-4-6-8-15)13-20(19)17(21)11-12-18(22)23-3/h4-8,16H,9-14H2,1-3H3. The van der Waals surface area contributed by atoms with Crippen molar-refractivity contribution in [3.63, 3.8) is 0 Å². The molecule has 1 saturated heterocycles. The minimum Gasteiger partial charge on any atom is -0.469 e. The molecule has 5 heteroatoms. The smallest absolute Gasteiger partial charge is 0.306 e. The van der Waals surface area contributed by atoms with Gasteiger partial charge in [-0.15, -0.1) is 0 Å². The molecule has 1 fully saturated rings. The van der Waals surface area contributed by atoms with Crippen LogP contribution in [0, 0.1) is 0 Å². The van der Waals surface area contributed by atoms with Crippen LogP contribution < -0.4 is 0 Å². The van der Waals surface area contributed by atoms with Crippen molar-refractivity contribution in [2.24, 2.45) is 0 Å². The lowest BCUT2D eigenvalue weighted by atomic mass is 9.97. The van der Waals surface area contributed by atoms with Crippen LogP contribution in [0.2, 0.25) is 0 Å². The van der Waals surface area contributed by atoms with Gasteiger partial charge in [-0.1, -0.05) is 30.3 Å². The fourth-order valence-corrected chi connectivity index (χ4v) is 2.94. The number of carbonyl (C=O) groups excluding carboxylic acids is 2. The van der Waals surface area contributed by atoms with Crippen molar-refractivity contribution >= 4 is 11.9 Å². The number of esters is 1. The van der Waals surface area contributed by atoms with Gasteiger partial charge in [-0.3, -0.25) is 9.59 Å². The predicted molar refractivity (Wildman–Crippen MR) is 91.5 cm³/mol. The average Bonchev–Trinajstić information content (AvgIpc) is 2.59. The largest absolute Gasteiger partial charge is 0.469 e. The Kier molecular flexibility index (Phi) is 6.37.